The third-order valence-corrected chi connectivity index (χ3v) is 22.6. The van der Waals surface area contributed by atoms with Crippen LogP contribution in [0.2, 0.25) is 17.2 Å². The Labute approximate surface area is 149 Å². The van der Waals surface area contributed by atoms with Gasteiger partial charge in [0, 0.05) is 0 Å². The number of allylic oxidation sites excluding steroid dienone is 2. The average molecular weight is 427 g/mol. The van der Waals surface area contributed by atoms with Crippen LogP contribution in [-0.2, 0) is 4.79 Å². The Morgan fingerprint density at radius 3 is 1.74 bits per heavy atom. The standard InChI is InChI=1S/C9H13O.3C4H9.Sn/c1-3-5-7-9(10)8-6-4-2;3*1-3-4-2;/h3-4,7H,1-2,5-6,8H2;3*1,3-4H2,2H3;. The molecule has 0 fully saturated rings. The van der Waals surface area contributed by atoms with Gasteiger partial charge in [-0.25, -0.2) is 0 Å². The van der Waals surface area contributed by atoms with Gasteiger partial charge in [-0.2, -0.15) is 0 Å². The van der Waals surface area contributed by atoms with Gasteiger partial charge in [0.25, 0.3) is 0 Å². The number of rotatable bonds is 16. The molecule has 0 aliphatic heterocycles. The first-order chi connectivity index (χ1) is 11.1. The molecule has 0 saturated heterocycles. The van der Waals surface area contributed by atoms with Crippen LogP contribution >= 0.6 is 0 Å². The van der Waals surface area contributed by atoms with Crippen molar-refractivity contribution in [3.8, 4) is 0 Å². The first-order valence-electron chi connectivity index (χ1n) is 9.86. The van der Waals surface area contributed by atoms with Gasteiger partial charge in [-0.05, 0) is 0 Å². The second-order valence-electron chi connectivity index (χ2n) is 7.04. The van der Waals surface area contributed by atoms with E-state index in [0.717, 1.165) is 12.8 Å². The molecule has 0 bridgehead atoms. The zero-order valence-corrected chi connectivity index (χ0v) is 18.9. The van der Waals surface area contributed by atoms with Crippen LogP contribution in [0.15, 0.2) is 25.3 Å². The fourth-order valence-electron chi connectivity index (χ4n) is 3.79. The van der Waals surface area contributed by atoms with Crippen molar-refractivity contribution < 1.29 is 4.79 Å². The van der Waals surface area contributed by atoms with E-state index in [-0.39, 0.29) is 0 Å². The van der Waals surface area contributed by atoms with Crippen LogP contribution < -0.4 is 0 Å². The van der Waals surface area contributed by atoms with Crippen molar-refractivity contribution in [2.45, 2.75) is 95.8 Å². The summed E-state index contributed by atoms with van der Waals surface area (Å²) in [7, 11) is 0. The van der Waals surface area contributed by atoms with Gasteiger partial charge in [-0.1, -0.05) is 0 Å². The summed E-state index contributed by atoms with van der Waals surface area (Å²) in [5, 5.41) is 0. The van der Waals surface area contributed by atoms with Crippen molar-refractivity contribution in [1.29, 1.82) is 0 Å². The van der Waals surface area contributed by atoms with E-state index in [4.69, 9.17) is 0 Å². The van der Waals surface area contributed by atoms with Crippen molar-refractivity contribution in [3.63, 3.8) is 0 Å². The number of unbranched alkanes of at least 4 members (excludes halogenated alkanes) is 3. The van der Waals surface area contributed by atoms with Crippen molar-refractivity contribution in [2.24, 2.45) is 0 Å². The third-order valence-electron chi connectivity index (χ3n) is 5.21. The molecule has 0 aromatic heterocycles. The minimum absolute atomic E-state index is 0.367. The Hall–Kier alpha value is -0.0513. The molecule has 134 valence electrons. The van der Waals surface area contributed by atoms with Gasteiger partial charge in [-0.3, -0.25) is 0 Å². The maximum absolute atomic E-state index is 13.0. The van der Waals surface area contributed by atoms with Gasteiger partial charge in [0.15, 0.2) is 0 Å². The molecule has 23 heavy (non-hydrogen) atoms. The molecule has 1 unspecified atom stereocenters. The average Bonchev–Trinajstić information content (AvgIpc) is 2.57. The molecule has 0 radical (unpaired) electrons. The minimum atomic E-state index is -2.48. The molecule has 0 N–H and O–H groups in total. The molecule has 0 aromatic rings. The van der Waals surface area contributed by atoms with E-state index in [0.29, 0.717) is 16.1 Å². The van der Waals surface area contributed by atoms with Crippen molar-refractivity contribution in [2.75, 3.05) is 0 Å². The van der Waals surface area contributed by atoms with E-state index in [1.807, 2.05) is 12.2 Å². The summed E-state index contributed by atoms with van der Waals surface area (Å²) in [6.07, 6.45) is 14.1. The zero-order valence-electron chi connectivity index (χ0n) is 16.0. The van der Waals surface area contributed by atoms with Crippen LogP contribution in [0.5, 0.6) is 0 Å². The summed E-state index contributed by atoms with van der Waals surface area (Å²) < 4.78 is 4.59. The molecule has 1 atom stereocenters. The van der Waals surface area contributed by atoms with Crippen molar-refractivity contribution in [3.05, 3.63) is 25.3 Å². The van der Waals surface area contributed by atoms with E-state index in [1.54, 1.807) is 0 Å². The summed E-state index contributed by atoms with van der Waals surface area (Å²) in [4.78, 5) is 13.0. The molecule has 0 aliphatic rings. The molecule has 0 amide bonds. The summed E-state index contributed by atoms with van der Waals surface area (Å²) in [6, 6.07) is 0. The van der Waals surface area contributed by atoms with Crippen LogP contribution in [0.4, 0.5) is 0 Å². The van der Waals surface area contributed by atoms with Crippen LogP contribution in [-0.4, -0.2) is 24.2 Å². The van der Waals surface area contributed by atoms with Crippen LogP contribution in [0.3, 0.4) is 0 Å². The summed E-state index contributed by atoms with van der Waals surface area (Å²) in [6.45, 7) is 14.6. The molecule has 0 heterocycles. The number of carbonyl (C=O) groups excluding carboxylic acids is 1. The van der Waals surface area contributed by atoms with Crippen LogP contribution in [0.1, 0.15) is 78.6 Å². The van der Waals surface area contributed by atoms with Gasteiger partial charge in [0.05, 0.1) is 0 Å². The Bertz CT molecular complexity index is 313. The molecule has 0 spiro atoms. The molecule has 0 aromatic carbocycles. The topological polar surface area (TPSA) is 17.1 Å². The van der Waals surface area contributed by atoms with Crippen molar-refractivity contribution >= 4 is 24.2 Å². The first kappa shape index (κ1) is 22.9. The maximum atomic E-state index is 13.0. The first-order valence-corrected chi connectivity index (χ1v) is 17.6. The predicted octanol–water partition coefficient (Wildman–Crippen LogP) is 7.32. The Morgan fingerprint density at radius 1 is 0.913 bits per heavy atom. The number of carbonyl (C=O) groups is 1. The molecule has 0 aliphatic carbocycles. The van der Waals surface area contributed by atoms with Crippen LogP contribution in [0.25, 0.3) is 0 Å². The predicted molar refractivity (Wildman–Crippen MR) is 108 cm³/mol. The molecule has 1 nitrogen and oxygen atoms in total. The number of Topliss-reactive ketones (excluding diaryl/α,β-unsaturated/α-hetero) is 1. The van der Waals surface area contributed by atoms with Gasteiger partial charge < -0.3 is 0 Å². The Kier molecular flexibility index (Phi) is 14.3. The second kappa shape index (κ2) is 14.3. The molecule has 2 heteroatoms. The van der Waals surface area contributed by atoms with Crippen molar-refractivity contribution in [1.82, 2.24) is 0 Å². The monoisotopic (exact) mass is 428 g/mol. The Morgan fingerprint density at radius 2 is 1.39 bits per heavy atom. The molecule has 0 rings (SSSR count). The quantitative estimate of drug-likeness (QED) is 0.186. The fourth-order valence-corrected chi connectivity index (χ4v) is 22.2. The summed E-state index contributed by atoms with van der Waals surface area (Å²) >= 11 is -2.48. The van der Waals surface area contributed by atoms with Gasteiger partial charge in [0.1, 0.15) is 0 Å². The van der Waals surface area contributed by atoms with E-state index < -0.39 is 18.4 Å². The van der Waals surface area contributed by atoms with Gasteiger partial charge >= 0.3 is 150 Å². The van der Waals surface area contributed by atoms with E-state index in [1.165, 1.54) is 51.8 Å². The van der Waals surface area contributed by atoms with Gasteiger partial charge in [-0.15, -0.1) is 0 Å². The van der Waals surface area contributed by atoms with Crippen LogP contribution in [0, 0.1) is 0 Å². The fraction of sp³-hybridized carbons (Fsp3) is 0.762. The summed E-state index contributed by atoms with van der Waals surface area (Å²) in [5.41, 5.74) is 0. The number of hydrogen-bond donors (Lipinski definition) is 0. The molecular formula is C21H40OSn. The second-order valence-corrected chi connectivity index (χ2v) is 21.1. The normalized spacial score (nSPS) is 12.8. The summed E-state index contributed by atoms with van der Waals surface area (Å²) in [5.74, 6) is 0.531. The molecule has 0 saturated carbocycles. The molecular weight excluding hydrogens is 387 g/mol. The number of ketones is 1. The zero-order chi connectivity index (χ0) is 17.6. The Balaban J connectivity index is 5.46. The van der Waals surface area contributed by atoms with Gasteiger partial charge in [0.2, 0.25) is 0 Å². The SMILES string of the molecule is C=CCCC(=O)[CH](CC=C)[Sn]([CH2]CCC)([CH2]CCC)[CH2]CCC. The number of hydrogen-bond acceptors (Lipinski definition) is 1. The third kappa shape index (κ3) is 8.56. The van der Waals surface area contributed by atoms with E-state index >= 15 is 0 Å². The van der Waals surface area contributed by atoms with E-state index in [9.17, 15) is 4.79 Å². The van der Waals surface area contributed by atoms with E-state index in [2.05, 4.69) is 33.9 Å².